The summed E-state index contributed by atoms with van der Waals surface area (Å²) in [7, 11) is 0. The van der Waals surface area contributed by atoms with Crippen molar-refractivity contribution < 1.29 is 9.26 Å². The van der Waals surface area contributed by atoms with Crippen LogP contribution in [0.1, 0.15) is 5.56 Å². The summed E-state index contributed by atoms with van der Waals surface area (Å²) in [5.41, 5.74) is 7.05. The van der Waals surface area contributed by atoms with Crippen molar-refractivity contribution in [3.63, 3.8) is 0 Å². The fraction of sp³-hybridized carbons (Fsp3) is 0.0714. The molecule has 0 saturated heterocycles. The highest BCUT2D eigenvalue weighted by Gasteiger charge is 2.11. The minimum atomic E-state index is 0.294. The van der Waals surface area contributed by atoms with Gasteiger partial charge in [0.2, 0.25) is 0 Å². The van der Waals surface area contributed by atoms with Crippen molar-refractivity contribution in [1.82, 2.24) is 5.16 Å². The Kier molecular flexibility index (Phi) is 3.85. The van der Waals surface area contributed by atoms with E-state index in [4.69, 9.17) is 49.8 Å². The van der Waals surface area contributed by atoms with E-state index in [0.717, 1.165) is 5.56 Å². The molecule has 0 saturated carbocycles. The summed E-state index contributed by atoms with van der Waals surface area (Å²) in [6, 6.07) is 8.59. The van der Waals surface area contributed by atoms with Crippen LogP contribution < -0.4 is 10.5 Å². The van der Waals surface area contributed by atoms with E-state index in [-0.39, 0.29) is 0 Å². The predicted molar refractivity (Wildman–Crippen MR) is 84.2 cm³/mol. The molecule has 0 aliphatic heterocycles. The molecule has 1 aromatic heterocycles. The number of hydrogen-bond acceptors (Lipinski definition) is 4. The largest absolute Gasteiger partial charge is 0.487 e. The first-order chi connectivity index (χ1) is 10.0. The lowest BCUT2D eigenvalue weighted by atomic mass is 10.2. The standard InChI is InChI=1S/C14H9Cl3N2O2/c15-9-2-1-7(3-10(9)16)6-20-13-5-12-8(4-11(13)17)14(18)19-21-12/h1-5H,6H2,(H2,18,19). The van der Waals surface area contributed by atoms with Crippen LogP contribution in [-0.4, -0.2) is 5.16 Å². The summed E-state index contributed by atoms with van der Waals surface area (Å²) in [6.45, 7) is 0.297. The molecule has 0 atom stereocenters. The van der Waals surface area contributed by atoms with Crippen LogP contribution >= 0.6 is 34.8 Å². The van der Waals surface area contributed by atoms with E-state index in [2.05, 4.69) is 5.16 Å². The second-order valence-corrected chi connectivity index (χ2v) is 5.61. The van der Waals surface area contributed by atoms with Gasteiger partial charge in [0.15, 0.2) is 11.4 Å². The molecule has 2 N–H and O–H groups in total. The fourth-order valence-corrected chi connectivity index (χ4v) is 2.40. The van der Waals surface area contributed by atoms with Crippen LogP contribution in [0.2, 0.25) is 15.1 Å². The smallest absolute Gasteiger partial charge is 0.174 e. The van der Waals surface area contributed by atoms with E-state index in [1.807, 2.05) is 6.07 Å². The first-order valence-electron chi connectivity index (χ1n) is 5.96. The molecule has 108 valence electrons. The lowest BCUT2D eigenvalue weighted by Crippen LogP contribution is -1.96. The first kappa shape index (κ1) is 14.3. The molecular weight excluding hydrogens is 335 g/mol. The Labute approximate surface area is 135 Å². The van der Waals surface area contributed by atoms with E-state index in [9.17, 15) is 0 Å². The molecule has 0 unspecified atom stereocenters. The van der Waals surface area contributed by atoms with Gasteiger partial charge >= 0.3 is 0 Å². The Morgan fingerprint density at radius 1 is 1.05 bits per heavy atom. The zero-order valence-electron chi connectivity index (χ0n) is 10.6. The number of nitrogens with two attached hydrogens (primary N) is 1. The number of nitrogen functional groups attached to an aromatic ring is 1. The van der Waals surface area contributed by atoms with Gasteiger partial charge in [0.1, 0.15) is 12.4 Å². The minimum Gasteiger partial charge on any atom is -0.487 e. The van der Waals surface area contributed by atoms with Crippen molar-refractivity contribution in [2.45, 2.75) is 6.61 Å². The fourth-order valence-electron chi connectivity index (χ4n) is 1.86. The Bertz CT molecular complexity index is 817. The maximum Gasteiger partial charge on any atom is 0.174 e. The third-order valence-corrected chi connectivity index (χ3v) is 3.97. The van der Waals surface area contributed by atoms with Gasteiger partial charge in [-0.2, -0.15) is 0 Å². The van der Waals surface area contributed by atoms with Crippen LogP contribution in [-0.2, 0) is 6.61 Å². The zero-order valence-corrected chi connectivity index (χ0v) is 12.8. The molecular formula is C14H9Cl3N2O2. The molecule has 3 rings (SSSR count). The number of hydrogen-bond donors (Lipinski definition) is 1. The molecule has 2 aromatic carbocycles. The summed E-state index contributed by atoms with van der Waals surface area (Å²) in [4.78, 5) is 0. The number of rotatable bonds is 3. The van der Waals surface area contributed by atoms with Crippen LogP contribution in [0.3, 0.4) is 0 Å². The van der Waals surface area contributed by atoms with E-state index in [1.54, 1.807) is 24.3 Å². The highest BCUT2D eigenvalue weighted by atomic mass is 35.5. The summed E-state index contributed by atoms with van der Waals surface area (Å²) in [5, 5.41) is 5.73. The van der Waals surface area contributed by atoms with Crippen molar-refractivity contribution in [3.05, 3.63) is 51.0 Å². The Hall–Kier alpha value is -1.62. The molecule has 0 aliphatic carbocycles. The second-order valence-electron chi connectivity index (χ2n) is 4.38. The lowest BCUT2D eigenvalue weighted by molar-refractivity contribution is 0.306. The average Bonchev–Trinajstić information content (AvgIpc) is 2.81. The summed E-state index contributed by atoms with van der Waals surface area (Å²) >= 11 is 18.0. The van der Waals surface area contributed by atoms with Crippen LogP contribution in [0, 0.1) is 0 Å². The minimum absolute atomic E-state index is 0.294. The van der Waals surface area contributed by atoms with Crippen molar-refractivity contribution in [1.29, 1.82) is 0 Å². The van der Waals surface area contributed by atoms with Gasteiger partial charge in [-0.25, -0.2) is 0 Å². The van der Waals surface area contributed by atoms with Crippen LogP contribution in [0.25, 0.3) is 11.0 Å². The van der Waals surface area contributed by atoms with E-state index >= 15 is 0 Å². The Balaban J connectivity index is 1.84. The zero-order chi connectivity index (χ0) is 15.0. The van der Waals surface area contributed by atoms with Gasteiger partial charge in [-0.1, -0.05) is 46.0 Å². The molecule has 0 amide bonds. The summed E-state index contributed by atoms with van der Waals surface area (Å²) in [6.07, 6.45) is 0. The van der Waals surface area contributed by atoms with Gasteiger partial charge < -0.3 is 15.0 Å². The number of aromatic nitrogens is 1. The van der Waals surface area contributed by atoms with Crippen molar-refractivity contribution in [2.75, 3.05) is 5.73 Å². The third-order valence-electron chi connectivity index (χ3n) is 2.93. The molecule has 4 nitrogen and oxygen atoms in total. The molecule has 7 heteroatoms. The normalized spacial score (nSPS) is 11.0. The first-order valence-corrected chi connectivity index (χ1v) is 7.09. The van der Waals surface area contributed by atoms with Crippen molar-refractivity contribution in [3.8, 4) is 5.75 Å². The molecule has 3 aromatic rings. The topological polar surface area (TPSA) is 61.3 Å². The summed E-state index contributed by atoms with van der Waals surface area (Å²) in [5.74, 6) is 0.773. The van der Waals surface area contributed by atoms with Gasteiger partial charge in [0, 0.05) is 6.07 Å². The molecule has 0 radical (unpaired) electrons. The average molecular weight is 344 g/mol. The summed E-state index contributed by atoms with van der Waals surface area (Å²) < 4.78 is 10.8. The van der Waals surface area contributed by atoms with Gasteiger partial charge in [-0.05, 0) is 23.8 Å². The Morgan fingerprint density at radius 3 is 2.62 bits per heavy atom. The molecule has 21 heavy (non-hydrogen) atoms. The van der Waals surface area contributed by atoms with E-state index in [1.165, 1.54) is 0 Å². The van der Waals surface area contributed by atoms with Gasteiger partial charge in [0.05, 0.1) is 20.5 Å². The van der Waals surface area contributed by atoms with Gasteiger partial charge in [-0.3, -0.25) is 0 Å². The monoisotopic (exact) mass is 342 g/mol. The highest BCUT2D eigenvalue weighted by molar-refractivity contribution is 6.42. The number of fused-ring (bicyclic) bond motifs is 1. The quantitative estimate of drug-likeness (QED) is 0.731. The predicted octanol–water partition coefficient (Wildman–Crippen LogP) is 4.95. The number of anilines is 1. The van der Waals surface area contributed by atoms with Crippen LogP contribution in [0.5, 0.6) is 5.75 Å². The van der Waals surface area contributed by atoms with E-state index < -0.39 is 0 Å². The van der Waals surface area contributed by atoms with E-state index in [0.29, 0.717) is 44.2 Å². The number of nitrogens with zero attached hydrogens (tertiary/aromatic N) is 1. The second kappa shape index (κ2) is 5.64. The molecule has 0 aliphatic rings. The number of ether oxygens (including phenoxy) is 1. The van der Waals surface area contributed by atoms with Gasteiger partial charge in [0.25, 0.3) is 0 Å². The number of halogens is 3. The van der Waals surface area contributed by atoms with Crippen molar-refractivity contribution >= 4 is 51.6 Å². The molecule has 0 spiro atoms. The van der Waals surface area contributed by atoms with Gasteiger partial charge in [-0.15, -0.1) is 0 Å². The third kappa shape index (κ3) is 2.88. The van der Waals surface area contributed by atoms with Crippen LogP contribution in [0.15, 0.2) is 34.9 Å². The molecule has 0 bridgehead atoms. The lowest BCUT2D eigenvalue weighted by Gasteiger charge is -2.08. The SMILES string of the molecule is Nc1noc2cc(OCc3ccc(Cl)c(Cl)c3)c(Cl)cc12. The maximum atomic E-state index is 6.16. The Morgan fingerprint density at radius 2 is 1.86 bits per heavy atom. The highest BCUT2D eigenvalue weighted by Crippen LogP contribution is 2.33. The maximum absolute atomic E-state index is 6.16. The molecule has 1 heterocycles. The van der Waals surface area contributed by atoms with Crippen molar-refractivity contribution in [2.24, 2.45) is 0 Å². The molecule has 0 fully saturated rings. The van der Waals surface area contributed by atoms with Crippen LogP contribution in [0.4, 0.5) is 5.82 Å². The number of benzene rings is 2.